The quantitative estimate of drug-likeness (QED) is 0.689. The normalized spacial score (nSPS) is 10.6. The van der Waals surface area contributed by atoms with E-state index in [1.807, 2.05) is 37.4 Å². The zero-order valence-electron chi connectivity index (χ0n) is 11.2. The van der Waals surface area contributed by atoms with Crippen molar-refractivity contribution in [1.29, 1.82) is 0 Å². The van der Waals surface area contributed by atoms with E-state index in [2.05, 4.69) is 31.3 Å². The van der Waals surface area contributed by atoms with Crippen LogP contribution in [0.3, 0.4) is 0 Å². The molecule has 0 aliphatic rings. The minimum atomic E-state index is 0.498. The lowest BCUT2D eigenvalue weighted by atomic mass is 10.1. The van der Waals surface area contributed by atoms with Crippen molar-refractivity contribution in [1.82, 2.24) is 14.8 Å². The van der Waals surface area contributed by atoms with Gasteiger partial charge in [0.05, 0.1) is 10.7 Å². The number of anilines is 2. The summed E-state index contributed by atoms with van der Waals surface area (Å²) in [5.74, 6) is 0.913. The molecule has 0 saturated heterocycles. The van der Waals surface area contributed by atoms with Gasteiger partial charge in [-0.15, -0.1) is 0 Å². The summed E-state index contributed by atoms with van der Waals surface area (Å²) >= 11 is 9.27. The molecule has 0 radical (unpaired) electrons. The fraction of sp³-hybridized carbons (Fsp3) is 0.0667. The largest absolute Gasteiger partial charge is 0.340 e. The van der Waals surface area contributed by atoms with Crippen LogP contribution >= 0.6 is 27.5 Å². The standard InChI is InChI=1S/C15H12BrClN4/c1-21-15(13(16)9-19-21)20-12-5-2-10(3-6-12)11-4-7-14(17)18-8-11/h2-9,20H,1H3. The summed E-state index contributed by atoms with van der Waals surface area (Å²) < 4.78 is 2.71. The molecule has 0 unspecified atom stereocenters. The van der Waals surface area contributed by atoms with Crippen LogP contribution in [0.4, 0.5) is 11.5 Å². The molecule has 0 atom stereocenters. The highest BCUT2D eigenvalue weighted by molar-refractivity contribution is 9.10. The zero-order valence-corrected chi connectivity index (χ0v) is 13.6. The molecule has 6 heteroatoms. The first-order chi connectivity index (χ1) is 10.1. The SMILES string of the molecule is Cn1ncc(Br)c1Nc1ccc(-c2ccc(Cl)nc2)cc1. The van der Waals surface area contributed by atoms with Crippen LogP contribution in [-0.4, -0.2) is 14.8 Å². The lowest BCUT2D eigenvalue weighted by molar-refractivity contribution is 0.776. The molecule has 0 fully saturated rings. The van der Waals surface area contributed by atoms with E-state index in [1.54, 1.807) is 23.1 Å². The van der Waals surface area contributed by atoms with Gasteiger partial charge in [0.15, 0.2) is 0 Å². The fourth-order valence-electron chi connectivity index (χ4n) is 1.98. The van der Waals surface area contributed by atoms with Crippen molar-refractivity contribution >= 4 is 39.0 Å². The Kier molecular flexibility index (Phi) is 3.94. The Balaban J connectivity index is 1.83. The molecule has 21 heavy (non-hydrogen) atoms. The van der Waals surface area contributed by atoms with Crippen molar-refractivity contribution in [2.24, 2.45) is 7.05 Å². The van der Waals surface area contributed by atoms with Gasteiger partial charge in [-0.05, 0) is 45.8 Å². The van der Waals surface area contributed by atoms with Crippen molar-refractivity contribution in [2.75, 3.05) is 5.32 Å². The van der Waals surface area contributed by atoms with Gasteiger partial charge in [0.25, 0.3) is 0 Å². The van der Waals surface area contributed by atoms with Crippen LogP contribution in [0.2, 0.25) is 5.15 Å². The number of aryl methyl sites for hydroxylation is 1. The number of hydrogen-bond donors (Lipinski definition) is 1. The van der Waals surface area contributed by atoms with E-state index in [-0.39, 0.29) is 0 Å². The number of benzene rings is 1. The number of halogens is 2. The Hall–Kier alpha value is -1.85. The molecule has 0 bridgehead atoms. The van der Waals surface area contributed by atoms with E-state index in [1.165, 1.54) is 0 Å². The van der Waals surface area contributed by atoms with E-state index in [9.17, 15) is 0 Å². The first kappa shape index (κ1) is 14.1. The Morgan fingerprint density at radius 3 is 2.33 bits per heavy atom. The third-order valence-electron chi connectivity index (χ3n) is 3.10. The molecule has 4 nitrogen and oxygen atoms in total. The second kappa shape index (κ2) is 5.87. The van der Waals surface area contributed by atoms with E-state index in [0.717, 1.165) is 27.1 Å². The molecule has 106 valence electrons. The van der Waals surface area contributed by atoms with Crippen LogP contribution in [0.1, 0.15) is 0 Å². The Morgan fingerprint density at radius 2 is 1.76 bits per heavy atom. The second-order valence-electron chi connectivity index (χ2n) is 4.54. The summed E-state index contributed by atoms with van der Waals surface area (Å²) in [6.45, 7) is 0. The molecule has 0 aliphatic heterocycles. The van der Waals surface area contributed by atoms with Crippen LogP contribution < -0.4 is 5.32 Å². The van der Waals surface area contributed by atoms with Gasteiger partial charge in [-0.2, -0.15) is 5.10 Å². The number of nitrogens with one attached hydrogen (secondary N) is 1. The van der Waals surface area contributed by atoms with Crippen LogP contribution in [0, 0.1) is 0 Å². The summed E-state index contributed by atoms with van der Waals surface area (Å²) in [5.41, 5.74) is 3.12. The van der Waals surface area contributed by atoms with Gasteiger partial charge in [0, 0.05) is 24.5 Å². The van der Waals surface area contributed by atoms with Crippen LogP contribution in [0.15, 0.2) is 53.3 Å². The van der Waals surface area contributed by atoms with Crippen molar-refractivity contribution in [3.05, 3.63) is 58.4 Å². The number of aromatic nitrogens is 3. The lowest BCUT2D eigenvalue weighted by Crippen LogP contribution is -1.99. The van der Waals surface area contributed by atoms with Crippen molar-refractivity contribution in [2.45, 2.75) is 0 Å². The summed E-state index contributed by atoms with van der Waals surface area (Å²) in [5, 5.41) is 8.00. The lowest BCUT2D eigenvalue weighted by Gasteiger charge is -2.08. The highest BCUT2D eigenvalue weighted by atomic mass is 79.9. The van der Waals surface area contributed by atoms with Crippen LogP contribution in [0.25, 0.3) is 11.1 Å². The maximum Gasteiger partial charge on any atom is 0.142 e. The Bertz CT molecular complexity index is 731. The highest BCUT2D eigenvalue weighted by Gasteiger charge is 2.06. The molecule has 1 aromatic carbocycles. The summed E-state index contributed by atoms with van der Waals surface area (Å²) in [7, 11) is 1.89. The summed E-state index contributed by atoms with van der Waals surface area (Å²) in [6.07, 6.45) is 3.53. The van der Waals surface area contributed by atoms with Crippen molar-refractivity contribution in [3.8, 4) is 11.1 Å². The molecule has 0 aliphatic carbocycles. The minimum Gasteiger partial charge on any atom is -0.340 e. The van der Waals surface area contributed by atoms with Crippen molar-refractivity contribution < 1.29 is 0 Å². The van der Waals surface area contributed by atoms with E-state index >= 15 is 0 Å². The minimum absolute atomic E-state index is 0.498. The number of nitrogens with zero attached hydrogens (tertiary/aromatic N) is 3. The molecule has 0 saturated carbocycles. The molecule has 1 N–H and O–H groups in total. The average molecular weight is 364 g/mol. The number of pyridine rings is 1. The van der Waals surface area contributed by atoms with Gasteiger partial charge in [-0.25, -0.2) is 4.98 Å². The second-order valence-corrected chi connectivity index (χ2v) is 5.78. The Labute approximate surface area is 135 Å². The van der Waals surface area contributed by atoms with Gasteiger partial charge >= 0.3 is 0 Å². The zero-order chi connectivity index (χ0) is 14.8. The average Bonchev–Trinajstić information content (AvgIpc) is 2.81. The number of rotatable bonds is 3. The maximum atomic E-state index is 5.80. The van der Waals surface area contributed by atoms with E-state index < -0.39 is 0 Å². The van der Waals surface area contributed by atoms with Crippen LogP contribution in [0.5, 0.6) is 0 Å². The molecule has 2 aromatic heterocycles. The predicted octanol–water partition coefficient (Wildman–Crippen LogP) is 4.64. The van der Waals surface area contributed by atoms with Crippen LogP contribution in [-0.2, 0) is 7.05 Å². The monoisotopic (exact) mass is 362 g/mol. The van der Waals surface area contributed by atoms with Gasteiger partial charge in [0.1, 0.15) is 11.0 Å². The van der Waals surface area contributed by atoms with E-state index in [0.29, 0.717) is 5.15 Å². The van der Waals surface area contributed by atoms with E-state index in [4.69, 9.17) is 11.6 Å². The summed E-state index contributed by atoms with van der Waals surface area (Å²) in [4.78, 5) is 4.09. The molecule has 2 heterocycles. The van der Waals surface area contributed by atoms with Gasteiger partial charge < -0.3 is 5.32 Å². The summed E-state index contributed by atoms with van der Waals surface area (Å²) in [6, 6.07) is 11.9. The predicted molar refractivity (Wildman–Crippen MR) is 88.9 cm³/mol. The molecule has 0 spiro atoms. The fourth-order valence-corrected chi connectivity index (χ4v) is 2.54. The smallest absolute Gasteiger partial charge is 0.142 e. The molecular weight excluding hydrogens is 352 g/mol. The molecule has 3 aromatic rings. The first-order valence-corrected chi connectivity index (χ1v) is 7.47. The third kappa shape index (κ3) is 3.09. The molecule has 3 rings (SSSR count). The van der Waals surface area contributed by atoms with Gasteiger partial charge in [-0.3, -0.25) is 4.68 Å². The maximum absolute atomic E-state index is 5.80. The topological polar surface area (TPSA) is 42.7 Å². The number of hydrogen-bond acceptors (Lipinski definition) is 3. The van der Waals surface area contributed by atoms with Gasteiger partial charge in [-0.1, -0.05) is 23.7 Å². The first-order valence-electron chi connectivity index (χ1n) is 6.30. The molecular formula is C15H12BrClN4. The van der Waals surface area contributed by atoms with Gasteiger partial charge in [0.2, 0.25) is 0 Å². The Morgan fingerprint density at radius 1 is 1.05 bits per heavy atom. The van der Waals surface area contributed by atoms with Crippen molar-refractivity contribution in [3.63, 3.8) is 0 Å². The highest BCUT2D eigenvalue weighted by Crippen LogP contribution is 2.27. The molecule has 0 amide bonds. The third-order valence-corrected chi connectivity index (χ3v) is 3.91.